The Morgan fingerprint density at radius 1 is 1.56 bits per heavy atom. The molecule has 0 saturated carbocycles. The Hall–Kier alpha value is -1.30. The minimum Gasteiger partial charge on any atom is -0.444 e. The Bertz CT molecular complexity index is 286. The zero-order chi connectivity index (χ0) is 12.3. The molecule has 1 rings (SSSR count). The predicted octanol–water partition coefficient (Wildman–Crippen LogP) is -0.273. The van der Waals surface area contributed by atoms with Crippen molar-refractivity contribution in [1.29, 1.82) is 0 Å². The van der Waals surface area contributed by atoms with Gasteiger partial charge in [0, 0.05) is 19.0 Å². The highest BCUT2D eigenvalue weighted by Gasteiger charge is 2.29. The number of rotatable bonds is 1. The molecule has 0 aliphatic carbocycles. The lowest BCUT2D eigenvalue weighted by molar-refractivity contribution is -0.123. The largest absolute Gasteiger partial charge is 0.444 e. The maximum Gasteiger partial charge on any atom is 0.407 e. The van der Waals surface area contributed by atoms with Gasteiger partial charge in [-0.25, -0.2) is 4.79 Å². The van der Waals surface area contributed by atoms with Crippen molar-refractivity contribution in [3.05, 3.63) is 0 Å². The summed E-state index contributed by atoms with van der Waals surface area (Å²) in [6.45, 7) is 5.71. The molecule has 1 saturated heterocycles. The third kappa shape index (κ3) is 4.06. The number of carbonyl (C=O) groups is 2. The SMILES string of the molecule is CC(C)(C)OC(=O)N[C@@H]1CC(=O)NC[C@@H]1N. The van der Waals surface area contributed by atoms with Gasteiger partial charge < -0.3 is 21.1 Å². The topological polar surface area (TPSA) is 93.4 Å². The van der Waals surface area contributed by atoms with Crippen molar-refractivity contribution in [2.24, 2.45) is 5.73 Å². The average molecular weight is 229 g/mol. The molecule has 1 fully saturated rings. The standard InChI is InChI=1S/C10H19N3O3/c1-10(2,3)16-9(15)13-7-4-8(14)12-5-6(7)11/h6-7H,4-5,11H2,1-3H3,(H,12,14)(H,13,15)/t6-,7+/m0/s1. The molecule has 0 aromatic rings. The third-order valence-corrected chi connectivity index (χ3v) is 2.16. The molecule has 0 aromatic heterocycles. The highest BCUT2D eigenvalue weighted by atomic mass is 16.6. The predicted molar refractivity (Wildman–Crippen MR) is 58.8 cm³/mol. The van der Waals surface area contributed by atoms with E-state index in [1.807, 2.05) is 0 Å². The normalized spacial score (nSPS) is 25.9. The summed E-state index contributed by atoms with van der Waals surface area (Å²) < 4.78 is 5.09. The maximum absolute atomic E-state index is 11.5. The molecule has 16 heavy (non-hydrogen) atoms. The summed E-state index contributed by atoms with van der Waals surface area (Å²) in [4.78, 5) is 22.6. The fraction of sp³-hybridized carbons (Fsp3) is 0.800. The van der Waals surface area contributed by atoms with Crippen molar-refractivity contribution in [2.75, 3.05) is 6.54 Å². The monoisotopic (exact) mass is 229 g/mol. The van der Waals surface area contributed by atoms with E-state index < -0.39 is 11.7 Å². The number of nitrogens with two attached hydrogens (primary N) is 1. The lowest BCUT2D eigenvalue weighted by Gasteiger charge is -2.30. The third-order valence-electron chi connectivity index (χ3n) is 2.16. The Morgan fingerprint density at radius 2 is 2.19 bits per heavy atom. The molecule has 0 bridgehead atoms. The van der Waals surface area contributed by atoms with Crippen LogP contribution in [-0.2, 0) is 9.53 Å². The quantitative estimate of drug-likeness (QED) is 0.577. The van der Waals surface area contributed by atoms with Crippen LogP contribution < -0.4 is 16.4 Å². The van der Waals surface area contributed by atoms with E-state index in [1.165, 1.54) is 0 Å². The lowest BCUT2D eigenvalue weighted by atomic mass is 10.0. The number of hydrogen-bond acceptors (Lipinski definition) is 4. The van der Waals surface area contributed by atoms with Crippen molar-refractivity contribution in [2.45, 2.75) is 44.9 Å². The van der Waals surface area contributed by atoms with E-state index in [4.69, 9.17) is 10.5 Å². The molecule has 0 spiro atoms. The van der Waals surface area contributed by atoms with Gasteiger partial charge in [0.25, 0.3) is 0 Å². The summed E-state index contributed by atoms with van der Waals surface area (Å²) in [5.41, 5.74) is 5.22. The summed E-state index contributed by atoms with van der Waals surface area (Å²) >= 11 is 0. The van der Waals surface area contributed by atoms with Gasteiger partial charge in [0.2, 0.25) is 5.91 Å². The second-order valence-corrected chi connectivity index (χ2v) is 4.92. The molecule has 1 aliphatic heterocycles. The summed E-state index contributed by atoms with van der Waals surface area (Å²) in [5.74, 6) is -0.109. The van der Waals surface area contributed by atoms with Gasteiger partial charge in [0.15, 0.2) is 0 Å². The van der Waals surface area contributed by atoms with Gasteiger partial charge in [0.1, 0.15) is 5.60 Å². The fourth-order valence-corrected chi connectivity index (χ4v) is 1.41. The molecule has 1 heterocycles. The van der Waals surface area contributed by atoms with Gasteiger partial charge in [-0.1, -0.05) is 0 Å². The molecule has 1 aliphatic rings. The Balaban J connectivity index is 2.46. The highest BCUT2D eigenvalue weighted by Crippen LogP contribution is 2.08. The Morgan fingerprint density at radius 3 is 2.75 bits per heavy atom. The first kappa shape index (κ1) is 12.8. The van der Waals surface area contributed by atoms with E-state index in [0.717, 1.165) is 0 Å². The van der Waals surface area contributed by atoms with Gasteiger partial charge in [-0.15, -0.1) is 0 Å². The summed E-state index contributed by atoms with van der Waals surface area (Å²) in [6, 6.07) is -0.631. The second-order valence-electron chi connectivity index (χ2n) is 4.92. The van der Waals surface area contributed by atoms with Crippen LogP contribution in [0.3, 0.4) is 0 Å². The van der Waals surface area contributed by atoms with Crippen molar-refractivity contribution >= 4 is 12.0 Å². The van der Waals surface area contributed by atoms with Crippen molar-refractivity contribution < 1.29 is 14.3 Å². The number of alkyl carbamates (subject to hydrolysis) is 1. The number of hydrogen-bond donors (Lipinski definition) is 3. The van der Waals surface area contributed by atoms with Crippen LogP contribution in [0.2, 0.25) is 0 Å². The molecule has 0 unspecified atom stereocenters. The molecule has 4 N–H and O–H groups in total. The van der Waals surface area contributed by atoms with Gasteiger partial charge in [0.05, 0.1) is 6.04 Å². The maximum atomic E-state index is 11.5. The van der Waals surface area contributed by atoms with Gasteiger partial charge in [-0.3, -0.25) is 4.79 Å². The second kappa shape index (κ2) is 4.69. The first-order valence-electron chi connectivity index (χ1n) is 5.30. The van der Waals surface area contributed by atoms with E-state index in [-0.39, 0.29) is 24.4 Å². The van der Waals surface area contributed by atoms with Crippen LogP contribution in [0.4, 0.5) is 4.79 Å². The zero-order valence-corrected chi connectivity index (χ0v) is 9.87. The molecule has 6 heteroatoms. The van der Waals surface area contributed by atoms with E-state index >= 15 is 0 Å². The van der Waals surface area contributed by atoms with Gasteiger partial charge >= 0.3 is 6.09 Å². The molecule has 92 valence electrons. The van der Waals surface area contributed by atoms with Crippen LogP contribution in [0.1, 0.15) is 27.2 Å². The minimum absolute atomic E-state index is 0.109. The first-order chi connectivity index (χ1) is 7.28. The number of carbonyl (C=O) groups excluding carboxylic acids is 2. The number of piperidine rings is 1. The van der Waals surface area contributed by atoms with Gasteiger partial charge in [-0.2, -0.15) is 0 Å². The highest BCUT2D eigenvalue weighted by molar-refractivity contribution is 5.79. The zero-order valence-electron chi connectivity index (χ0n) is 9.87. The van der Waals surface area contributed by atoms with Crippen LogP contribution >= 0.6 is 0 Å². The van der Waals surface area contributed by atoms with Crippen LogP contribution in [0.15, 0.2) is 0 Å². The van der Waals surface area contributed by atoms with Crippen LogP contribution in [0.5, 0.6) is 0 Å². The molecule has 2 atom stereocenters. The Labute approximate surface area is 94.9 Å². The van der Waals surface area contributed by atoms with Crippen molar-refractivity contribution in [1.82, 2.24) is 10.6 Å². The van der Waals surface area contributed by atoms with Gasteiger partial charge in [-0.05, 0) is 20.8 Å². The molecular weight excluding hydrogens is 210 g/mol. The van der Waals surface area contributed by atoms with Crippen LogP contribution in [-0.4, -0.2) is 36.2 Å². The molecule has 0 aromatic carbocycles. The summed E-state index contributed by atoms with van der Waals surface area (Å²) in [6.07, 6.45) is -0.344. The fourth-order valence-electron chi connectivity index (χ4n) is 1.41. The van der Waals surface area contributed by atoms with E-state index in [2.05, 4.69) is 10.6 Å². The number of nitrogens with one attached hydrogen (secondary N) is 2. The lowest BCUT2D eigenvalue weighted by Crippen LogP contribution is -2.58. The molecule has 0 radical (unpaired) electrons. The molecule has 6 nitrogen and oxygen atoms in total. The minimum atomic E-state index is -0.550. The summed E-state index contributed by atoms with van der Waals surface area (Å²) in [7, 11) is 0. The van der Waals surface area contributed by atoms with Crippen LogP contribution in [0, 0.1) is 0 Å². The van der Waals surface area contributed by atoms with E-state index in [9.17, 15) is 9.59 Å². The Kier molecular flexibility index (Phi) is 3.74. The molecule has 2 amide bonds. The smallest absolute Gasteiger partial charge is 0.407 e. The number of amides is 2. The van der Waals surface area contributed by atoms with Crippen molar-refractivity contribution in [3.63, 3.8) is 0 Å². The molecular formula is C10H19N3O3. The van der Waals surface area contributed by atoms with E-state index in [0.29, 0.717) is 6.54 Å². The van der Waals surface area contributed by atoms with Crippen molar-refractivity contribution in [3.8, 4) is 0 Å². The number of ether oxygens (including phenoxy) is 1. The average Bonchev–Trinajstić information content (AvgIpc) is 2.08. The summed E-state index contributed by atoms with van der Waals surface area (Å²) in [5, 5.41) is 5.24. The first-order valence-corrected chi connectivity index (χ1v) is 5.30. The van der Waals surface area contributed by atoms with E-state index in [1.54, 1.807) is 20.8 Å². The van der Waals surface area contributed by atoms with Crippen LogP contribution in [0.25, 0.3) is 0 Å².